The number of carbonyl (C=O) groups is 1. The molecule has 1 aromatic carbocycles. The molecule has 2 rings (SSSR count). The van der Waals surface area contributed by atoms with Crippen molar-refractivity contribution >= 4 is 6.29 Å². The maximum Gasteiger partial charge on any atom is 0.130 e. The fraction of sp³-hybridized carbons (Fsp3) is 0.562. The first-order valence-electron chi connectivity index (χ1n) is 6.65. The number of methoxy groups -OCH3 is 2. The Morgan fingerprint density at radius 1 is 1.16 bits per heavy atom. The third kappa shape index (κ3) is 4.67. The Bertz CT molecular complexity index is 382. The number of ether oxygens (including phenoxy) is 2. The minimum atomic E-state index is -0.170. The number of aryl methyl sites for hydroxylation is 1. The second-order valence-electron chi connectivity index (χ2n) is 4.37. The van der Waals surface area contributed by atoms with E-state index in [9.17, 15) is 4.79 Å². The largest absolute Gasteiger partial charge is 0.496 e. The molecule has 0 aliphatic heterocycles. The van der Waals surface area contributed by atoms with Crippen LogP contribution < -0.4 is 4.74 Å². The van der Waals surface area contributed by atoms with Gasteiger partial charge in [0.1, 0.15) is 12.0 Å². The van der Waals surface area contributed by atoms with E-state index < -0.39 is 0 Å². The maximum atomic E-state index is 10.9. The molecule has 3 heteroatoms. The highest BCUT2D eigenvalue weighted by Gasteiger charge is 2.44. The summed E-state index contributed by atoms with van der Waals surface area (Å²) in [6.07, 6.45) is 3.05. The zero-order valence-electron chi connectivity index (χ0n) is 12.9. The monoisotopic (exact) mass is 266 g/mol. The Morgan fingerprint density at radius 3 is 2.00 bits per heavy atom. The van der Waals surface area contributed by atoms with Gasteiger partial charge in [-0.15, -0.1) is 0 Å². The lowest BCUT2D eigenvalue weighted by molar-refractivity contribution is -0.109. The van der Waals surface area contributed by atoms with Crippen molar-refractivity contribution in [1.82, 2.24) is 0 Å². The summed E-state index contributed by atoms with van der Waals surface area (Å²) in [6.45, 7) is 6.00. The third-order valence-electron chi connectivity index (χ3n) is 2.98. The summed E-state index contributed by atoms with van der Waals surface area (Å²) in [7, 11) is 4.91. The van der Waals surface area contributed by atoms with Gasteiger partial charge in [-0.25, -0.2) is 0 Å². The van der Waals surface area contributed by atoms with Crippen LogP contribution in [0.2, 0.25) is 0 Å². The van der Waals surface area contributed by atoms with E-state index in [2.05, 4.69) is 10.8 Å². The quantitative estimate of drug-likeness (QED) is 0.785. The summed E-state index contributed by atoms with van der Waals surface area (Å²) >= 11 is 0. The molecule has 0 aromatic heterocycles. The number of rotatable bonds is 3. The highest BCUT2D eigenvalue weighted by atomic mass is 16.5. The van der Waals surface area contributed by atoms with E-state index in [0.717, 1.165) is 36.0 Å². The van der Waals surface area contributed by atoms with Crippen molar-refractivity contribution in [3.63, 3.8) is 0 Å². The van der Waals surface area contributed by atoms with Crippen LogP contribution in [0, 0.1) is 6.92 Å². The van der Waals surface area contributed by atoms with Crippen molar-refractivity contribution in [2.45, 2.75) is 39.0 Å². The van der Waals surface area contributed by atoms with E-state index >= 15 is 0 Å². The minimum absolute atomic E-state index is 0.170. The molecule has 1 saturated carbocycles. The third-order valence-corrected chi connectivity index (χ3v) is 2.98. The fourth-order valence-corrected chi connectivity index (χ4v) is 1.80. The SMILES string of the molecule is CC.COC.COc1ccc(C2(C=O)CC2)cc1C. The number of hydrogen-bond donors (Lipinski definition) is 0. The van der Waals surface area contributed by atoms with Gasteiger partial charge in [0, 0.05) is 14.2 Å². The van der Waals surface area contributed by atoms with Crippen LogP contribution in [0.5, 0.6) is 5.75 Å². The Kier molecular flexibility index (Phi) is 8.08. The van der Waals surface area contributed by atoms with E-state index in [4.69, 9.17) is 4.74 Å². The van der Waals surface area contributed by atoms with Crippen LogP contribution in [0.15, 0.2) is 18.2 Å². The molecule has 0 radical (unpaired) electrons. The van der Waals surface area contributed by atoms with E-state index in [-0.39, 0.29) is 5.41 Å². The Morgan fingerprint density at radius 2 is 1.68 bits per heavy atom. The first kappa shape index (κ1) is 17.6. The van der Waals surface area contributed by atoms with Gasteiger partial charge in [-0.2, -0.15) is 0 Å². The van der Waals surface area contributed by atoms with Gasteiger partial charge in [-0.1, -0.05) is 26.0 Å². The molecule has 0 spiro atoms. The second-order valence-corrected chi connectivity index (χ2v) is 4.37. The summed E-state index contributed by atoms with van der Waals surface area (Å²) in [6, 6.07) is 5.99. The van der Waals surface area contributed by atoms with Crippen LogP contribution in [-0.2, 0) is 14.9 Å². The summed E-state index contributed by atoms with van der Waals surface area (Å²) in [5, 5.41) is 0. The smallest absolute Gasteiger partial charge is 0.130 e. The molecule has 0 saturated heterocycles. The highest BCUT2D eigenvalue weighted by Crippen LogP contribution is 2.46. The summed E-state index contributed by atoms with van der Waals surface area (Å²) in [4.78, 5) is 10.9. The molecule has 0 N–H and O–H groups in total. The summed E-state index contributed by atoms with van der Waals surface area (Å²) in [5.74, 6) is 0.885. The second kappa shape index (κ2) is 8.70. The highest BCUT2D eigenvalue weighted by molar-refractivity contribution is 5.73. The Balaban J connectivity index is 0.000000573. The molecule has 0 heterocycles. The molecule has 0 amide bonds. The number of aldehydes is 1. The maximum absolute atomic E-state index is 10.9. The topological polar surface area (TPSA) is 35.5 Å². The van der Waals surface area contributed by atoms with Gasteiger partial charge in [0.2, 0.25) is 0 Å². The van der Waals surface area contributed by atoms with Crippen molar-refractivity contribution in [1.29, 1.82) is 0 Å². The number of hydrogen-bond acceptors (Lipinski definition) is 3. The van der Waals surface area contributed by atoms with Crippen molar-refractivity contribution in [2.24, 2.45) is 0 Å². The molecular weight excluding hydrogens is 240 g/mol. The summed E-state index contributed by atoms with van der Waals surface area (Å²) in [5.41, 5.74) is 2.06. The lowest BCUT2D eigenvalue weighted by Gasteiger charge is -2.10. The molecule has 1 aromatic rings. The van der Waals surface area contributed by atoms with Crippen LogP contribution in [0.1, 0.15) is 37.8 Å². The van der Waals surface area contributed by atoms with E-state index in [1.807, 2.05) is 32.9 Å². The first-order valence-corrected chi connectivity index (χ1v) is 6.65. The van der Waals surface area contributed by atoms with Crippen molar-refractivity contribution < 1.29 is 14.3 Å². The molecular formula is C16H26O3. The van der Waals surface area contributed by atoms with Crippen molar-refractivity contribution in [3.05, 3.63) is 29.3 Å². The van der Waals surface area contributed by atoms with Gasteiger partial charge in [-0.05, 0) is 37.0 Å². The van der Waals surface area contributed by atoms with Crippen LogP contribution in [0.25, 0.3) is 0 Å². The molecule has 1 fully saturated rings. The standard InChI is InChI=1S/C12H14O2.C2H6O.C2H6/c1-9-7-10(3-4-11(9)14-2)12(8-13)5-6-12;1-3-2;1-2/h3-4,7-8H,5-6H2,1-2H3;1-2H3;1-2H3. The molecule has 3 nitrogen and oxygen atoms in total. The predicted molar refractivity (Wildman–Crippen MR) is 79.0 cm³/mol. The first-order chi connectivity index (χ1) is 9.13. The Labute approximate surface area is 116 Å². The predicted octanol–water partition coefficient (Wildman–Crippen LogP) is 3.52. The van der Waals surface area contributed by atoms with E-state index in [0.29, 0.717) is 0 Å². The van der Waals surface area contributed by atoms with E-state index in [1.165, 1.54) is 0 Å². The van der Waals surface area contributed by atoms with Gasteiger partial charge in [0.25, 0.3) is 0 Å². The minimum Gasteiger partial charge on any atom is -0.496 e. The van der Waals surface area contributed by atoms with Gasteiger partial charge >= 0.3 is 0 Å². The average molecular weight is 266 g/mol. The molecule has 1 aliphatic carbocycles. The van der Waals surface area contributed by atoms with Crippen molar-refractivity contribution in [2.75, 3.05) is 21.3 Å². The summed E-state index contributed by atoms with van der Waals surface area (Å²) < 4.78 is 9.43. The Hall–Kier alpha value is -1.35. The zero-order chi connectivity index (χ0) is 14.9. The molecule has 0 bridgehead atoms. The van der Waals surface area contributed by atoms with Crippen LogP contribution in [-0.4, -0.2) is 27.6 Å². The van der Waals surface area contributed by atoms with Crippen LogP contribution in [0.3, 0.4) is 0 Å². The van der Waals surface area contributed by atoms with Crippen molar-refractivity contribution in [3.8, 4) is 5.75 Å². The normalized spacial score (nSPS) is 14.2. The molecule has 108 valence electrons. The zero-order valence-corrected chi connectivity index (χ0v) is 12.9. The van der Waals surface area contributed by atoms with Crippen LogP contribution in [0.4, 0.5) is 0 Å². The lowest BCUT2D eigenvalue weighted by Crippen LogP contribution is -2.07. The average Bonchev–Trinajstić information content (AvgIpc) is 3.23. The van der Waals surface area contributed by atoms with Gasteiger partial charge in [0.15, 0.2) is 0 Å². The van der Waals surface area contributed by atoms with Gasteiger partial charge in [-0.3, -0.25) is 0 Å². The van der Waals surface area contributed by atoms with Gasteiger partial charge in [0.05, 0.1) is 12.5 Å². The lowest BCUT2D eigenvalue weighted by atomic mass is 9.96. The van der Waals surface area contributed by atoms with Crippen LogP contribution >= 0.6 is 0 Å². The fourth-order valence-electron chi connectivity index (χ4n) is 1.80. The molecule has 0 atom stereocenters. The molecule has 1 aliphatic rings. The number of carbonyl (C=O) groups excluding carboxylic acids is 1. The number of benzene rings is 1. The van der Waals surface area contributed by atoms with E-state index in [1.54, 1.807) is 21.3 Å². The molecule has 19 heavy (non-hydrogen) atoms. The molecule has 0 unspecified atom stereocenters. The van der Waals surface area contributed by atoms with Gasteiger partial charge < -0.3 is 14.3 Å².